The van der Waals surface area contributed by atoms with Crippen LogP contribution in [0.1, 0.15) is 31.9 Å². The normalized spacial score (nSPS) is 12.1. The predicted octanol–water partition coefficient (Wildman–Crippen LogP) is 6.11. The quantitative estimate of drug-likeness (QED) is 0.183. The van der Waals surface area contributed by atoms with E-state index in [2.05, 4.69) is 5.32 Å². The molecule has 0 bridgehead atoms. The average molecular weight is 678 g/mol. The van der Waals surface area contributed by atoms with Crippen molar-refractivity contribution in [2.75, 3.05) is 25.1 Å². The minimum atomic E-state index is -4.27. The van der Waals surface area contributed by atoms with E-state index in [0.717, 1.165) is 9.87 Å². The fourth-order valence-corrected chi connectivity index (χ4v) is 6.57. The van der Waals surface area contributed by atoms with E-state index >= 15 is 0 Å². The van der Waals surface area contributed by atoms with Crippen molar-refractivity contribution >= 4 is 39.1 Å². The van der Waals surface area contributed by atoms with Crippen LogP contribution >= 0.6 is 11.6 Å². The molecule has 0 radical (unpaired) electrons. The first-order valence-electron chi connectivity index (χ1n) is 15.0. The molecule has 0 aliphatic rings. The van der Waals surface area contributed by atoms with Gasteiger partial charge in [0.2, 0.25) is 11.8 Å². The molecule has 0 unspecified atom stereocenters. The summed E-state index contributed by atoms with van der Waals surface area (Å²) in [6.45, 7) is 5.01. The van der Waals surface area contributed by atoms with Crippen LogP contribution in [-0.2, 0) is 32.6 Å². The number of ether oxygens (including phenoxy) is 2. The van der Waals surface area contributed by atoms with Crippen LogP contribution < -0.4 is 19.1 Å². The molecule has 4 aromatic carbocycles. The van der Waals surface area contributed by atoms with E-state index in [1.165, 1.54) is 37.3 Å². The lowest BCUT2D eigenvalue weighted by molar-refractivity contribution is -0.140. The zero-order valence-corrected chi connectivity index (χ0v) is 28.7. The smallest absolute Gasteiger partial charge is 0.264 e. The average Bonchev–Trinajstić information content (AvgIpc) is 3.05. The standard InChI is InChI=1S/C36H40ClN3O6S/c1-36(2,3)38-35(42)31(22-26-12-8-6-9-13-26)39(24-27-16-18-28(37)19-17-27)34(41)25-40(47(43,44)30-14-10-7-11-15-30)29-20-21-32(45-4)33(23-29)46-5/h6-21,23,31H,22,24-25H2,1-5H3,(H,38,42)/t31-/m1/s1. The highest BCUT2D eigenvalue weighted by Crippen LogP contribution is 2.34. The predicted molar refractivity (Wildman–Crippen MR) is 184 cm³/mol. The lowest BCUT2D eigenvalue weighted by atomic mass is 10.0. The van der Waals surface area contributed by atoms with E-state index in [0.29, 0.717) is 16.3 Å². The fourth-order valence-electron chi connectivity index (χ4n) is 5.02. The van der Waals surface area contributed by atoms with Crippen molar-refractivity contribution in [3.8, 4) is 11.5 Å². The van der Waals surface area contributed by atoms with Crippen LogP contribution in [0.25, 0.3) is 0 Å². The fraction of sp³-hybridized carbons (Fsp3) is 0.278. The SMILES string of the molecule is COc1ccc(N(CC(=O)N(Cc2ccc(Cl)cc2)[C@H](Cc2ccccc2)C(=O)NC(C)(C)C)S(=O)(=O)c2ccccc2)cc1OC. The van der Waals surface area contributed by atoms with Gasteiger partial charge in [0.15, 0.2) is 11.5 Å². The Morgan fingerprint density at radius 2 is 1.40 bits per heavy atom. The van der Waals surface area contributed by atoms with Gasteiger partial charge in [0, 0.05) is 29.6 Å². The molecule has 4 rings (SSSR count). The number of benzene rings is 4. The highest BCUT2D eigenvalue weighted by atomic mass is 35.5. The number of sulfonamides is 1. The number of nitrogens with one attached hydrogen (secondary N) is 1. The van der Waals surface area contributed by atoms with Crippen LogP contribution in [0, 0.1) is 0 Å². The van der Waals surface area contributed by atoms with E-state index < -0.39 is 34.1 Å². The van der Waals surface area contributed by atoms with Crippen molar-refractivity contribution in [1.29, 1.82) is 0 Å². The number of amides is 2. The van der Waals surface area contributed by atoms with Gasteiger partial charge in [0.1, 0.15) is 12.6 Å². The Bertz CT molecular complexity index is 1760. The number of halogens is 1. The lowest BCUT2D eigenvalue weighted by Gasteiger charge is -2.35. The molecule has 9 nitrogen and oxygen atoms in total. The third kappa shape index (κ3) is 9.27. The van der Waals surface area contributed by atoms with Crippen molar-refractivity contribution < 1.29 is 27.5 Å². The molecular weight excluding hydrogens is 638 g/mol. The van der Waals surface area contributed by atoms with Gasteiger partial charge in [-0.3, -0.25) is 13.9 Å². The lowest BCUT2D eigenvalue weighted by Crippen LogP contribution is -2.56. The number of methoxy groups -OCH3 is 2. The Kier molecular flexibility index (Phi) is 11.5. The minimum absolute atomic E-state index is 0.00172. The van der Waals surface area contributed by atoms with Crippen molar-refractivity contribution in [1.82, 2.24) is 10.2 Å². The molecule has 0 saturated heterocycles. The highest BCUT2D eigenvalue weighted by molar-refractivity contribution is 7.92. The number of rotatable bonds is 13. The monoisotopic (exact) mass is 677 g/mol. The Morgan fingerprint density at radius 1 is 0.809 bits per heavy atom. The molecule has 0 heterocycles. The summed E-state index contributed by atoms with van der Waals surface area (Å²) >= 11 is 6.16. The summed E-state index contributed by atoms with van der Waals surface area (Å²) in [6.07, 6.45) is 0.198. The third-order valence-electron chi connectivity index (χ3n) is 7.30. The van der Waals surface area contributed by atoms with E-state index in [1.54, 1.807) is 54.6 Å². The Labute approximate surface area is 282 Å². The van der Waals surface area contributed by atoms with Crippen LogP contribution in [0.4, 0.5) is 5.69 Å². The van der Waals surface area contributed by atoms with E-state index in [-0.39, 0.29) is 35.2 Å². The maximum absolute atomic E-state index is 14.6. The molecule has 4 aromatic rings. The van der Waals surface area contributed by atoms with Crippen LogP contribution in [0.2, 0.25) is 5.02 Å². The number of nitrogens with zero attached hydrogens (tertiary/aromatic N) is 2. The van der Waals surface area contributed by atoms with Gasteiger partial charge < -0.3 is 19.7 Å². The molecule has 0 spiro atoms. The first-order chi connectivity index (χ1) is 22.3. The molecular formula is C36H40ClN3O6S. The highest BCUT2D eigenvalue weighted by Gasteiger charge is 2.36. The summed E-state index contributed by atoms with van der Waals surface area (Å²) in [5.41, 5.74) is 1.14. The second-order valence-electron chi connectivity index (χ2n) is 12.0. The van der Waals surface area contributed by atoms with Gasteiger partial charge in [-0.1, -0.05) is 72.3 Å². The summed E-state index contributed by atoms with van der Waals surface area (Å²) in [4.78, 5) is 30.0. The van der Waals surface area contributed by atoms with Gasteiger partial charge >= 0.3 is 0 Å². The van der Waals surface area contributed by atoms with Crippen molar-refractivity contribution in [3.05, 3.63) is 119 Å². The Hall–Kier alpha value is -4.54. The number of carbonyl (C=O) groups excluding carboxylic acids is 2. The molecule has 248 valence electrons. The molecule has 1 atom stereocenters. The molecule has 0 aliphatic carbocycles. The van der Waals surface area contributed by atoms with Gasteiger partial charge in [-0.25, -0.2) is 8.42 Å². The van der Waals surface area contributed by atoms with Crippen LogP contribution in [-0.4, -0.2) is 57.5 Å². The summed E-state index contributed by atoms with van der Waals surface area (Å²) < 4.78 is 40.3. The zero-order chi connectivity index (χ0) is 34.2. The second kappa shape index (κ2) is 15.4. The topological polar surface area (TPSA) is 105 Å². The van der Waals surface area contributed by atoms with Gasteiger partial charge in [-0.2, -0.15) is 0 Å². The van der Waals surface area contributed by atoms with Crippen molar-refractivity contribution in [2.45, 2.75) is 50.2 Å². The summed E-state index contributed by atoms with van der Waals surface area (Å²) in [6, 6.07) is 27.9. The maximum atomic E-state index is 14.6. The third-order valence-corrected chi connectivity index (χ3v) is 9.34. The molecule has 0 aliphatic heterocycles. The van der Waals surface area contributed by atoms with E-state index in [9.17, 15) is 18.0 Å². The Morgan fingerprint density at radius 3 is 1.98 bits per heavy atom. The molecule has 47 heavy (non-hydrogen) atoms. The van der Waals surface area contributed by atoms with Gasteiger partial charge in [-0.15, -0.1) is 0 Å². The number of anilines is 1. The number of hydrogen-bond donors (Lipinski definition) is 1. The van der Waals surface area contributed by atoms with Gasteiger partial charge in [0.25, 0.3) is 10.0 Å². The van der Waals surface area contributed by atoms with Crippen molar-refractivity contribution in [2.24, 2.45) is 0 Å². The van der Waals surface area contributed by atoms with Gasteiger partial charge in [-0.05, 0) is 68.3 Å². The molecule has 0 saturated carbocycles. The largest absolute Gasteiger partial charge is 0.493 e. The molecule has 11 heteroatoms. The Balaban J connectivity index is 1.84. The summed E-state index contributed by atoms with van der Waals surface area (Å²) in [5, 5.41) is 3.54. The van der Waals surface area contributed by atoms with Crippen molar-refractivity contribution in [3.63, 3.8) is 0 Å². The van der Waals surface area contributed by atoms with Crippen LogP contribution in [0.3, 0.4) is 0 Å². The second-order valence-corrected chi connectivity index (χ2v) is 14.3. The first-order valence-corrected chi connectivity index (χ1v) is 16.8. The molecule has 1 N–H and O–H groups in total. The molecule has 2 amide bonds. The van der Waals surface area contributed by atoms with Gasteiger partial charge in [0.05, 0.1) is 24.8 Å². The zero-order valence-electron chi connectivity index (χ0n) is 27.1. The number of carbonyl (C=O) groups is 2. The van der Waals surface area contributed by atoms with E-state index in [1.807, 2.05) is 51.1 Å². The maximum Gasteiger partial charge on any atom is 0.264 e. The minimum Gasteiger partial charge on any atom is -0.493 e. The van der Waals surface area contributed by atoms with Crippen LogP contribution in [0.15, 0.2) is 108 Å². The molecule has 0 aromatic heterocycles. The first kappa shape index (κ1) is 35.3. The van der Waals surface area contributed by atoms with E-state index in [4.69, 9.17) is 21.1 Å². The molecule has 0 fully saturated rings. The summed E-state index contributed by atoms with van der Waals surface area (Å²) in [7, 11) is -1.35. The van der Waals surface area contributed by atoms with Crippen LogP contribution in [0.5, 0.6) is 11.5 Å². The number of hydrogen-bond acceptors (Lipinski definition) is 6. The summed E-state index contributed by atoms with van der Waals surface area (Å²) in [5.74, 6) is -0.271.